The van der Waals surface area contributed by atoms with Crippen LogP contribution in [-0.2, 0) is 13.5 Å². The minimum Gasteiger partial charge on any atom is -0.496 e. The van der Waals surface area contributed by atoms with Crippen LogP contribution in [0.5, 0.6) is 5.75 Å². The summed E-state index contributed by atoms with van der Waals surface area (Å²) in [5.41, 5.74) is 2.76. The first-order valence-electron chi connectivity index (χ1n) is 6.16. The lowest BCUT2D eigenvalue weighted by atomic mass is 10.1. The monoisotopic (exact) mass is 269 g/mol. The molecule has 1 heterocycles. The molecular formula is C15H15N3O2. The molecule has 0 N–H and O–H groups in total. The van der Waals surface area contributed by atoms with Crippen LogP contribution in [0, 0.1) is 18.3 Å². The molecule has 0 aliphatic rings. The van der Waals surface area contributed by atoms with E-state index in [1.165, 1.54) is 4.68 Å². The summed E-state index contributed by atoms with van der Waals surface area (Å²) in [7, 11) is 3.21. The molecule has 0 saturated carbocycles. The fraction of sp³-hybridized carbons (Fsp3) is 0.267. The van der Waals surface area contributed by atoms with Crippen LogP contribution in [0.2, 0.25) is 0 Å². The average molecular weight is 269 g/mol. The van der Waals surface area contributed by atoms with Crippen LogP contribution < -0.4 is 10.3 Å². The number of methoxy groups -OCH3 is 1. The van der Waals surface area contributed by atoms with Crippen LogP contribution in [0.15, 0.2) is 29.1 Å². The van der Waals surface area contributed by atoms with Gasteiger partial charge in [-0.15, -0.1) is 0 Å². The first kappa shape index (κ1) is 13.8. The summed E-state index contributed by atoms with van der Waals surface area (Å²) in [5.74, 6) is 0.802. The van der Waals surface area contributed by atoms with E-state index in [4.69, 9.17) is 10.00 Å². The van der Waals surface area contributed by atoms with Gasteiger partial charge in [0.2, 0.25) is 0 Å². The highest BCUT2D eigenvalue weighted by Gasteiger charge is 2.09. The molecule has 5 nitrogen and oxygen atoms in total. The predicted molar refractivity (Wildman–Crippen MR) is 75.5 cm³/mol. The Morgan fingerprint density at radius 2 is 2.15 bits per heavy atom. The molecule has 1 aromatic heterocycles. The van der Waals surface area contributed by atoms with Crippen molar-refractivity contribution in [2.45, 2.75) is 13.3 Å². The Labute approximate surface area is 117 Å². The molecular weight excluding hydrogens is 254 g/mol. The molecule has 5 heteroatoms. The fourth-order valence-electron chi connectivity index (χ4n) is 2.06. The van der Waals surface area contributed by atoms with E-state index in [-0.39, 0.29) is 12.0 Å². The van der Waals surface area contributed by atoms with Crippen LogP contribution >= 0.6 is 0 Å². The molecule has 1 aromatic carbocycles. The van der Waals surface area contributed by atoms with Crippen LogP contribution in [0.1, 0.15) is 11.1 Å². The van der Waals surface area contributed by atoms with Crippen molar-refractivity contribution in [3.05, 3.63) is 45.7 Å². The topological polar surface area (TPSA) is 67.9 Å². The minimum atomic E-state index is -0.236. The van der Waals surface area contributed by atoms with E-state index in [0.717, 1.165) is 16.9 Å². The second-order valence-corrected chi connectivity index (χ2v) is 4.50. The van der Waals surface area contributed by atoms with E-state index in [9.17, 15) is 4.79 Å². The Balaban J connectivity index is 2.56. The van der Waals surface area contributed by atoms with Gasteiger partial charge < -0.3 is 4.74 Å². The highest BCUT2D eigenvalue weighted by atomic mass is 16.5. The van der Waals surface area contributed by atoms with Gasteiger partial charge in [-0.05, 0) is 36.8 Å². The molecule has 0 radical (unpaired) electrons. The summed E-state index contributed by atoms with van der Waals surface area (Å²) in [6.45, 7) is 1.94. The molecule has 0 bridgehead atoms. The molecule has 20 heavy (non-hydrogen) atoms. The quantitative estimate of drug-likeness (QED) is 0.852. The number of benzene rings is 1. The molecule has 102 valence electrons. The second kappa shape index (κ2) is 5.57. The van der Waals surface area contributed by atoms with Crippen LogP contribution in [-0.4, -0.2) is 16.9 Å². The number of nitriles is 1. The van der Waals surface area contributed by atoms with Gasteiger partial charge in [-0.1, -0.05) is 0 Å². The van der Waals surface area contributed by atoms with E-state index in [1.807, 2.05) is 31.2 Å². The third-order valence-electron chi connectivity index (χ3n) is 3.10. The maximum atomic E-state index is 11.8. The third kappa shape index (κ3) is 2.54. The SMILES string of the molecule is COc1ccc(-c2cc(CC#N)c(=O)n(C)n2)cc1C. The minimum absolute atomic E-state index is 0.0807. The van der Waals surface area contributed by atoms with Gasteiger partial charge >= 0.3 is 0 Å². The van der Waals surface area contributed by atoms with Gasteiger partial charge in [-0.3, -0.25) is 4.79 Å². The summed E-state index contributed by atoms with van der Waals surface area (Å²) in [4.78, 5) is 11.8. The van der Waals surface area contributed by atoms with Gasteiger partial charge in [0.1, 0.15) is 5.75 Å². The van der Waals surface area contributed by atoms with Crippen molar-refractivity contribution in [3.8, 4) is 23.1 Å². The summed E-state index contributed by atoms with van der Waals surface area (Å²) >= 11 is 0. The van der Waals surface area contributed by atoms with Gasteiger partial charge in [0.25, 0.3) is 5.56 Å². The molecule has 0 aliphatic heterocycles. The Kier molecular flexibility index (Phi) is 3.85. The lowest BCUT2D eigenvalue weighted by molar-refractivity contribution is 0.412. The zero-order valence-corrected chi connectivity index (χ0v) is 11.7. The van der Waals surface area contributed by atoms with E-state index >= 15 is 0 Å². The first-order valence-corrected chi connectivity index (χ1v) is 6.16. The van der Waals surface area contributed by atoms with Crippen LogP contribution in [0.25, 0.3) is 11.3 Å². The maximum Gasteiger partial charge on any atom is 0.270 e. The standard InChI is InChI=1S/C15H15N3O2/c1-10-8-11(4-5-14(10)20-3)13-9-12(6-7-16)15(19)18(2)17-13/h4-5,8-9H,6H2,1-3H3. The lowest BCUT2D eigenvalue weighted by Crippen LogP contribution is -2.23. The number of rotatable bonds is 3. The number of hydrogen-bond donors (Lipinski definition) is 0. The first-order chi connectivity index (χ1) is 9.56. The maximum absolute atomic E-state index is 11.8. The van der Waals surface area contributed by atoms with Crippen molar-refractivity contribution >= 4 is 0 Å². The Morgan fingerprint density at radius 1 is 1.40 bits per heavy atom. The molecule has 0 spiro atoms. The zero-order chi connectivity index (χ0) is 14.7. The van der Waals surface area contributed by atoms with Gasteiger partial charge in [0.05, 0.1) is 25.3 Å². The number of hydrogen-bond acceptors (Lipinski definition) is 4. The van der Waals surface area contributed by atoms with Crippen molar-refractivity contribution in [1.29, 1.82) is 5.26 Å². The normalized spacial score (nSPS) is 10.1. The van der Waals surface area contributed by atoms with E-state index < -0.39 is 0 Å². The second-order valence-electron chi connectivity index (χ2n) is 4.50. The number of aryl methyl sites for hydroxylation is 2. The number of nitrogens with zero attached hydrogens (tertiary/aromatic N) is 3. The summed E-state index contributed by atoms with van der Waals surface area (Å²) in [6.07, 6.45) is 0.0807. The van der Waals surface area contributed by atoms with Crippen LogP contribution in [0.4, 0.5) is 0 Å². The van der Waals surface area contributed by atoms with Crippen molar-refractivity contribution in [2.24, 2.45) is 7.05 Å². The molecule has 2 rings (SSSR count). The van der Waals surface area contributed by atoms with Gasteiger partial charge in [-0.2, -0.15) is 10.4 Å². The van der Waals surface area contributed by atoms with Gasteiger partial charge in [0, 0.05) is 18.2 Å². The highest BCUT2D eigenvalue weighted by Crippen LogP contribution is 2.24. The number of ether oxygens (including phenoxy) is 1. The van der Waals surface area contributed by atoms with E-state index in [2.05, 4.69) is 5.10 Å². The third-order valence-corrected chi connectivity index (χ3v) is 3.10. The predicted octanol–water partition coefficient (Wildman–Crippen LogP) is 1.83. The van der Waals surface area contributed by atoms with Gasteiger partial charge in [0.15, 0.2) is 0 Å². The Bertz CT molecular complexity index is 742. The summed E-state index contributed by atoms with van der Waals surface area (Å²) in [6, 6.07) is 9.37. The van der Waals surface area contributed by atoms with Crippen molar-refractivity contribution in [1.82, 2.24) is 9.78 Å². The molecule has 0 aliphatic carbocycles. The highest BCUT2D eigenvalue weighted by molar-refractivity contribution is 5.62. The van der Waals surface area contributed by atoms with Gasteiger partial charge in [-0.25, -0.2) is 4.68 Å². The molecule has 2 aromatic rings. The van der Waals surface area contributed by atoms with Crippen molar-refractivity contribution in [3.63, 3.8) is 0 Å². The molecule has 0 atom stereocenters. The van der Waals surface area contributed by atoms with Crippen LogP contribution in [0.3, 0.4) is 0 Å². The van der Waals surface area contributed by atoms with E-state index in [0.29, 0.717) is 11.3 Å². The smallest absolute Gasteiger partial charge is 0.270 e. The molecule has 0 fully saturated rings. The Hall–Kier alpha value is -2.61. The largest absolute Gasteiger partial charge is 0.496 e. The fourth-order valence-corrected chi connectivity index (χ4v) is 2.06. The lowest BCUT2D eigenvalue weighted by Gasteiger charge is -2.09. The molecule has 0 unspecified atom stereocenters. The van der Waals surface area contributed by atoms with Crippen molar-refractivity contribution in [2.75, 3.05) is 7.11 Å². The number of aromatic nitrogens is 2. The average Bonchev–Trinajstić information content (AvgIpc) is 2.43. The zero-order valence-electron chi connectivity index (χ0n) is 11.7. The van der Waals surface area contributed by atoms with Crippen molar-refractivity contribution < 1.29 is 4.74 Å². The molecule has 0 saturated heterocycles. The van der Waals surface area contributed by atoms with E-state index in [1.54, 1.807) is 20.2 Å². The molecule has 0 amide bonds. The summed E-state index contributed by atoms with van der Waals surface area (Å²) < 4.78 is 6.49. The summed E-state index contributed by atoms with van der Waals surface area (Å²) in [5, 5.41) is 13.0. The Morgan fingerprint density at radius 3 is 2.75 bits per heavy atom.